The smallest absolute Gasteiger partial charge is 0.356 e. The highest BCUT2D eigenvalue weighted by Gasteiger charge is 2.14. The van der Waals surface area contributed by atoms with Crippen molar-refractivity contribution in [1.82, 2.24) is 14.6 Å². The number of halogens is 1. The molecule has 2 rings (SSSR count). The molecule has 0 unspecified atom stereocenters. The van der Waals surface area contributed by atoms with E-state index in [9.17, 15) is 4.79 Å². The van der Waals surface area contributed by atoms with Gasteiger partial charge in [-0.2, -0.15) is 4.98 Å². The van der Waals surface area contributed by atoms with Gasteiger partial charge >= 0.3 is 5.97 Å². The van der Waals surface area contributed by atoms with Crippen LogP contribution in [0.3, 0.4) is 0 Å². The number of aromatic nitrogens is 3. The van der Waals surface area contributed by atoms with Crippen molar-refractivity contribution in [2.24, 2.45) is 0 Å². The zero-order valence-corrected chi connectivity index (χ0v) is 9.35. The molecule has 0 bridgehead atoms. The number of anilines is 1. The van der Waals surface area contributed by atoms with Crippen molar-refractivity contribution < 1.29 is 9.53 Å². The number of nitrogens with two attached hydrogens (primary N) is 1. The average molecular weight is 271 g/mol. The molecule has 0 atom stereocenters. The van der Waals surface area contributed by atoms with Gasteiger partial charge in [0.1, 0.15) is 0 Å². The number of hydrogen-bond donors (Lipinski definition) is 1. The first-order chi connectivity index (χ1) is 7.11. The Morgan fingerprint density at radius 3 is 3.00 bits per heavy atom. The molecular formula is C8H7BrN4O2. The molecule has 0 aliphatic heterocycles. The number of rotatable bonds is 1. The first-order valence-electron chi connectivity index (χ1n) is 4.02. The van der Waals surface area contributed by atoms with E-state index in [0.717, 1.165) is 0 Å². The lowest BCUT2D eigenvalue weighted by Gasteiger charge is -2.02. The zero-order chi connectivity index (χ0) is 11.0. The molecule has 0 aliphatic rings. The first kappa shape index (κ1) is 9.91. The summed E-state index contributed by atoms with van der Waals surface area (Å²) in [5, 5.41) is 3.88. The molecule has 0 spiro atoms. The summed E-state index contributed by atoms with van der Waals surface area (Å²) in [6, 6.07) is 3.29. The summed E-state index contributed by atoms with van der Waals surface area (Å²) < 4.78 is 6.67. The maximum absolute atomic E-state index is 11.4. The molecule has 0 saturated carbocycles. The number of carbonyl (C=O) groups is 1. The Morgan fingerprint density at radius 2 is 2.33 bits per heavy atom. The van der Waals surface area contributed by atoms with Crippen LogP contribution in [0.2, 0.25) is 0 Å². The van der Waals surface area contributed by atoms with E-state index in [1.807, 2.05) is 0 Å². The topological polar surface area (TPSA) is 82.5 Å². The van der Waals surface area contributed by atoms with E-state index in [1.54, 1.807) is 12.1 Å². The monoisotopic (exact) mass is 270 g/mol. The Balaban J connectivity index is 2.75. The van der Waals surface area contributed by atoms with Crippen LogP contribution in [0.5, 0.6) is 0 Å². The molecule has 0 aliphatic carbocycles. The number of pyridine rings is 1. The maximum Gasteiger partial charge on any atom is 0.356 e. The summed E-state index contributed by atoms with van der Waals surface area (Å²) in [7, 11) is 1.30. The molecule has 2 N–H and O–H groups in total. The van der Waals surface area contributed by atoms with E-state index in [1.165, 1.54) is 11.6 Å². The molecule has 2 aromatic rings. The minimum Gasteiger partial charge on any atom is -0.464 e. The minimum absolute atomic E-state index is 0.109. The second-order valence-electron chi connectivity index (χ2n) is 2.79. The van der Waals surface area contributed by atoms with Crippen LogP contribution in [0.4, 0.5) is 5.95 Å². The van der Waals surface area contributed by atoms with Gasteiger partial charge in [-0.05, 0) is 12.1 Å². The Morgan fingerprint density at radius 1 is 1.60 bits per heavy atom. The largest absolute Gasteiger partial charge is 0.464 e. The van der Waals surface area contributed by atoms with Crippen molar-refractivity contribution in [2.75, 3.05) is 12.8 Å². The summed E-state index contributed by atoms with van der Waals surface area (Å²) in [4.78, 5) is 15.4. The van der Waals surface area contributed by atoms with Crippen LogP contribution in [0.25, 0.3) is 5.65 Å². The molecule has 7 heteroatoms. The quantitative estimate of drug-likeness (QED) is 0.778. The van der Waals surface area contributed by atoms with Gasteiger partial charge in [0.25, 0.3) is 0 Å². The summed E-state index contributed by atoms with van der Waals surface area (Å²) in [5.41, 5.74) is 6.20. The number of hydrogen-bond acceptors (Lipinski definition) is 5. The van der Waals surface area contributed by atoms with Crippen LogP contribution in [0.15, 0.2) is 16.6 Å². The highest BCUT2D eigenvalue weighted by atomic mass is 79.9. The summed E-state index contributed by atoms with van der Waals surface area (Å²) in [6.45, 7) is 0. The number of nitrogen functional groups attached to an aromatic ring is 1. The third kappa shape index (κ3) is 1.65. The predicted molar refractivity (Wildman–Crippen MR) is 56.4 cm³/mol. The van der Waals surface area contributed by atoms with Crippen molar-refractivity contribution in [2.45, 2.75) is 0 Å². The predicted octanol–water partition coefficient (Wildman–Crippen LogP) is 0.861. The van der Waals surface area contributed by atoms with E-state index < -0.39 is 5.97 Å². The molecule has 2 heterocycles. The van der Waals surface area contributed by atoms with Crippen LogP contribution in [0, 0.1) is 0 Å². The molecule has 0 radical (unpaired) electrons. The van der Waals surface area contributed by atoms with Crippen molar-refractivity contribution in [3.05, 3.63) is 22.3 Å². The Hall–Kier alpha value is -1.63. The van der Waals surface area contributed by atoms with Gasteiger partial charge in [0, 0.05) is 4.47 Å². The Kier molecular flexibility index (Phi) is 2.31. The Bertz CT molecular complexity index is 537. The van der Waals surface area contributed by atoms with E-state index in [4.69, 9.17) is 5.73 Å². The van der Waals surface area contributed by atoms with Crippen molar-refractivity contribution >= 4 is 33.5 Å². The summed E-state index contributed by atoms with van der Waals surface area (Å²) in [6.07, 6.45) is 0. The number of carbonyl (C=O) groups excluding carboxylic acids is 1. The van der Waals surface area contributed by atoms with Gasteiger partial charge in [-0.25, -0.2) is 9.31 Å². The van der Waals surface area contributed by atoms with Gasteiger partial charge in [-0.1, -0.05) is 15.9 Å². The maximum atomic E-state index is 11.4. The molecule has 2 aromatic heterocycles. The van der Waals surface area contributed by atoms with Crippen LogP contribution in [-0.2, 0) is 4.74 Å². The van der Waals surface area contributed by atoms with Gasteiger partial charge in [-0.3, -0.25) is 0 Å². The van der Waals surface area contributed by atoms with E-state index in [0.29, 0.717) is 10.1 Å². The lowest BCUT2D eigenvalue weighted by atomic mass is 10.3. The molecule has 0 aromatic carbocycles. The van der Waals surface area contributed by atoms with Crippen LogP contribution < -0.4 is 5.73 Å². The average Bonchev–Trinajstić information content (AvgIpc) is 2.55. The lowest BCUT2D eigenvalue weighted by Crippen LogP contribution is -2.09. The second kappa shape index (κ2) is 3.50. The lowest BCUT2D eigenvalue weighted by molar-refractivity contribution is 0.0591. The van der Waals surface area contributed by atoms with Crippen LogP contribution >= 0.6 is 15.9 Å². The van der Waals surface area contributed by atoms with Crippen LogP contribution in [-0.4, -0.2) is 27.7 Å². The Labute approximate surface area is 93.2 Å². The molecule has 0 saturated heterocycles. The third-order valence-electron chi connectivity index (χ3n) is 1.81. The van der Waals surface area contributed by atoms with Gasteiger partial charge in [0.15, 0.2) is 11.3 Å². The fourth-order valence-corrected chi connectivity index (χ4v) is 1.64. The number of ether oxygens (including phenoxy) is 1. The van der Waals surface area contributed by atoms with E-state index >= 15 is 0 Å². The van der Waals surface area contributed by atoms with Crippen molar-refractivity contribution in [3.63, 3.8) is 0 Å². The summed E-state index contributed by atoms with van der Waals surface area (Å²) >= 11 is 3.26. The van der Waals surface area contributed by atoms with E-state index in [2.05, 4.69) is 30.7 Å². The van der Waals surface area contributed by atoms with E-state index in [-0.39, 0.29) is 11.6 Å². The van der Waals surface area contributed by atoms with Crippen molar-refractivity contribution in [3.8, 4) is 0 Å². The number of esters is 1. The SMILES string of the molecule is COC(=O)c1cc(Br)cc2nc(N)nn12. The summed E-state index contributed by atoms with van der Waals surface area (Å²) in [5.74, 6) is -0.385. The highest BCUT2D eigenvalue weighted by molar-refractivity contribution is 9.10. The fraction of sp³-hybridized carbons (Fsp3) is 0.125. The molecule has 0 fully saturated rings. The highest BCUT2D eigenvalue weighted by Crippen LogP contribution is 2.16. The third-order valence-corrected chi connectivity index (χ3v) is 2.27. The normalized spacial score (nSPS) is 10.5. The standard InChI is InChI=1S/C8H7BrN4O2/c1-15-7(14)5-2-4(9)3-6-11-8(10)12-13(5)6/h2-3H,1H3,(H2,10,12). The minimum atomic E-state index is -0.494. The molecule has 15 heavy (non-hydrogen) atoms. The molecular weight excluding hydrogens is 264 g/mol. The van der Waals surface area contributed by atoms with Gasteiger partial charge in [0.05, 0.1) is 7.11 Å². The first-order valence-corrected chi connectivity index (χ1v) is 4.81. The van der Waals surface area contributed by atoms with Gasteiger partial charge < -0.3 is 10.5 Å². The number of fused-ring (bicyclic) bond motifs is 1. The molecule has 78 valence electrons. The van der Waals surface area contributed by atoms with Gasteiger partial charge in [-0.15, -0.1) is 5.10 Å². The number of nitrogens with zero attached hydrogens (tertiary/aromatic N) is 3. The molecule has 0 amide bonds. The zero-order valence-electron chi connectivity index (χ0n) is 7.77. The molecule has 6 nitrogen and oxygen atoms in total. The van der Waals surface area contributed by atoms with Crippen molar-refractivity contribution in [1.29, 1.82) is 0 Å². The van der Waals surface area contributed by atoms with Crippen LogP contribution in [0.1, 0.15) is 10.5 Å². The number of methoxy groups -OCH3 is 1. The fourth-order valence-electron chi connectivity index (χ4n) is 1.22. The van der Waals surface area contributed by atoms with Gasteiger partial charge in [0.2, 0.25) is 5.95 Å². The second-order valence-corrected chi connectivity index (χ2v) is 3.71.